The van der Waals surface area contributed by atoms with Gasteiger partial charge in [-0.05, 0) is 12.1 Å². The first kappa shape index (κ1) is 16.5. The Morgan fingerprint density at radius 1 is 1.38 bits per heavy atom. The maximum Gasteiger partial charge on any atom is 0.407 e. The van der Waals surface area contributed by atoms with Crippen molar-refractivity contribution in [1.82, 2.24) is 19.9 Å². The Hall–Kier alpha value is -3.01. The summed E-state index contributed by atoms with van der Waals surface area (Å²) >= 11 is 1.33. The molecule has 0 unspecified atom stereocenters. The van der Waals surface area contributed by atoms with Gasteiger partial charge in [0.2, 0.25) is 0 Å². The second kappa shape index (κ2) is 6.06. The summed E-state index contributed by atoms with van der Waals surface area (Å²) < 4.78 is 18.5. The number of ether oxygens (including phenoxy) is 1. The molecular weight excluding hydrogens is 363 g/mol. The SMILES string of the molecule is COC(=O)c1cc(F)cc2[nH]c(-c3nc4c(s3)CN(C(=O)O)CC4)nc12. The van der Waals surface area contributed by atoms with Gasteiger partial charge in [-0.25, -0.2) is 23.9 Å². The minimum absolute atomic E-state index is 0.0309. The second-order valence-corrected chi connectivity index (χ2v) is 6.85. The number of nitrogens with zero attached hydrogens (tertiary/aromatic N) is 3. The van der Waals surface area contributed by atoms with Crippen molar-refractivity contribution in [1.29, 1.82) is 0 Å². The van der Waals surface area contributed by atoms with Gasteiger partial charge < -0.3 is 19.7 Å². The predicted octanol–water partition coefficient (Wildman–Crippen LogP) is 2.65. The van der Waals surface area contributed by atoms with Crippen LogP contribution in [0.15, 0.2) is 12.1 Å². The third kappa shape index (κ3) is 2.68. The van der Waals surface area contributed by atoms with E-state index in [9.17, 15) is 14.0 Å². The minimum Gasteiger partial charge on any atom is -0.465 e. The lowest BCUT2D eigenvalue weighted by atomic mass is 10.2. The Kier molecular flexibility index (Phi) is 3.83. The quantitative estimate of drug-likeness (QED) is 0.666. The zero-order valence-electron chi connectivity index (χ0n) is 13.6. The number of rotatable bonds is 2. The summed E-state index contributed by atoms with van der Waals surface area (Å²) in [5, 5.41) is 9.69. The van der Waals surface area contributed by atoms with E-state index in [1.165, 1.54) is 29.4 Å². The Morgan fingerprint density at radius 3 is 2.92 bits per heavy atom. The van der Waals surface area contributed by atoms with E-state index in [0.717, 1.165) is 16.6 Å². The van der Waals surface area contributed by atoms with Crippen LogP contribution in [0.3, 0.4) is 0 Å². The molecule has 134 valence electrons. The lowest BCUT2D eigenvalue weighted by Gasteiger charge is -2.22. The van der Waals surface area contributed by atoms with Crippen LogP contribution >= 0.6 is 11.3 Å². The molecule has 0 atom stereocenters. The summed E-state index contributed by atoms with van der Waals surface area (Å²) in [6.45, 7) is 0.675. The first-order chi connectivity index (χ1) is 12.5. The van der Waals surface area contributed by atoms with Gasteiger partial charge in [0.25, 0.3) is 0 Å². The van der Waals surface area contributed by atoms with Crippen molar-refractivity contribution in [3.05, 3.63) is 34.1 Å². The standard InChI is InChI=1S/C16H13FN4O4S/c1-25-15(22)8-4-7(17)5-10-12(8)20-13(18-10)14-19-9-2-3-21(16(23)24)6-11(9)26-14/h4-5H,2-3,6H2,1H3,(H,18,20)(H,23,24). The van der Waals surface area contributed by atoms with Crippen LogP contribution in [0.2, 0.25) is 0 Å². The molecule has 0 fully saturated rings. The fraction of sp³-hybridized carbons (Fsp3) is 0.250. The molecule has 1 amide bonds. The topological polar surface area (TPSA) is 108 Å². The van der Waals surface area contributed by atoms with Crippen molar-refractivity contribution in [2.45, 2.75) is 13.0 Å². The van der Waals surface area contributed by atoms with Crippen LogP contribution in [0.4, 0.5) is 9.18 Å². The summed E-state index contributed by atoms with van der Waals surface area (Å²) in [6.07, 6.45) is -0.437. The van der Waals surface area contributed by atoms with Crippen molar-refractivity contribution < 1.29 is 23.8 Å². The number of nitrogens with one attached hydrogen (secondary N) is 1. The van der Waals surface area contributed by atoms with Gasteiger partial charge in [0.1, 0.15) is 11.3 Å². The third-order valence-electron chi connectivity index (χ3n) is 4.16. The maximum atomic E-state index is 13.8. The number of carbonyl (C=O) groups is 2. The number of esters is 1. The molecule has 0 bridgehead atoms. The molecule has 0 spiro atoms. The number of methoxy groups -OCH3 is 1. The fourth-order valence-electron chi connectivity index (χ4n) is 2.91. The lowest BCUT2D eigenvalue weighted by Crippen LogP contribution is -2.34. The first-order valence-corrected chi connectivity index (χ1v) is 8.52. The number of carbonyl (C=O) groups excluding carboxylic acids is 1. The molecule has 1 aliphatic rings. The zero-order chi connectivity index (χ0) is 18.4. The van der Waals surface area contributed by atoms with Gasteiger partial charge in [-0.15, -0.1) is 11.3 Å². The number of thiazole rings is 1. The molecule has 0 aliphatic carbocycles. The van der Waals surface area contributed by atoms with Gasteiger partial charge in [0.05, 0.1) is 30.4 Å². The van der Waals surface area contributed by atoms with E-state index in [4.69, 9.17) is 5.11 Å². The molecule has 1 aliphatic heterocycles. The molecule has 0 saturated heterocycles. The van der Waals surface area contributed by atoms with E-state index in [2.05, 4.69) is 19.7 Å². The van der Waals surface area contributed by atoms with Crippen LogP contribution in [-0.4, -0.2) is 50.7 Å². The molecule has 4 rings (SSSR count). The predicted molar refractivity (Wildman–Crippen MR) is 90.6 cm³/mol. The number of fused-ring (bicyclic) bond motifs is 2. The van der Waals surface area contributed by atoms with Gasteiger partial charge in [0.15, 0.2) is 10.8 Å². The Balaban J connectivity index is 1.77. The lowest BCUT2D eigenvalue weighted by molar-refractivity contribution is 0.0602. The number of H-pyrrole nitrogens is 1. The summed E-state index contributed by atoms with van der Waals surface area (Å²) in [5.41, 5.74) is 1.53. The molecule has 10 heteroatoms. The number of benzene rings is 1. The van der Waals surface area contributed by atoms with Crippen molar-refractivity contribution in [3.8, 4) is 10.8 Å². The zero-order valence-corrected chi connectivity index (χ0v) is 14.4. The monoisotopic (exact) mass is 376 g/mol. The average Bonchev–Trinajstić information content (AvgIpc) is 3.22. The van der Waals surface area contributed by atoms with E-state index in [1.54, 1.807) is 0 Å². The number of hydrogen-bond donors (Lipinski definition) is 2. The highest BCUT2D eigenvalue weighted by atomic mass is 32.1. The summed E-state index contributed by atoms with van der Waals surface area (Å²) in [4.78, 5) is 37.1. The number of hydrogen-bond acceptors (Lipinski definition) is 6. The van der Waals surface area contributed by atoms with Crippen LogP contribution in [0.25, 0.3) is 21.9 Å². The normalized spacial score (nSPS) is 13.7. The molecule has 0 saturated carbocycles. The summed E-state index contributed by atoms with van der Waals surface area (Å²) in [6, 6.07) is 2.33. The molecule has 3 heterocycles. The van der Waals surface area contributed by atoms with Crippen molar-refractivity contribution in [3.63, 3.8) is 0 Å². The highest BCUT2D eigenvalue weighted by molar-refractivity contribution is 7.15. The third-order valence-corrected chi connectivity index (χ3v) is 5.25. The fourth-order valence-corrected chi connectivity index (χ4v) is 3.98. The maximum absolute atomic E-state index is 13.8. The minimum atomic E-state index is -0.965. The van der Waals surface area contributed by atoms with E-state index < -0.39 is 17.9 Å². The highest BCUT2D eigenvalue weighted by Gasteiger charge is 2.25. The van der Waals surface area contributed by atoms with Gasteiger partial charge in [0, 0.05) is 17.8 Å². The van der Waals surface area contributed by atoms with Gasteiger partial charge in [-0.1, -0.05) is 0 Å². The van der Waals surface area contributed by atoms with Crippen LogP contribution in [0.1, 0.15) is 20.9 Å². The number of amides is 1. The van der Waals surface area contributed by atoms with Crippen molar-refractivity contribution in [2.24, 2.45) is 0 Å². The van der Waals surface area contributed by atoms with Crippen molar-refractivity contribution in [2.75, 3.05) is 13.7 Å². The number of halogens is 1. The molecule has 3 aromatic rings. The van der Waals surface area contributed by atoms with Crippen LogP contribution in [0, 0.1) is 5.82 Å². The molecule has 2 N–H and O–H groups in total. The summed E-state index contributed by atoms with van der Waals surface area (Å²) in [5.74, 6) is -0.858. The van der Waals surface area contributed by atoms with Gasteiger partial charge >= 0.3 is 12.1 Å². The van der Waals surface area contributed by atoms with Crippen LogP contribution < -0.4 is 0 Å². The highest BCUT2D eigenvalue weighted by Crippen LogP contribution is 2.32. The van der Waals surface area contributed by atoms with Gasteiger partial charge in [-0.2, -0.15) is 0 Å². The van der Waals surface area contributed by atoms with Crippen LogP contribution in [0.5, 0.6) is 0 Å². The Morgan fingerprint density at radius 2 is 2.19 bits per heavy atom. The van der Waals surface area contributed by atoms with Gasteiger partial charge in [-0.3, -0.25) is 0 Å². The molecule has 0 radical (unpaired) electrons. The molecular formula is C16H13FN4O4S. The average molecular weight is 376 g/mol. The molecule has 2 aromatic heterocycles. The summed E-state index contributed by atoms with van der Waals surface area (Å²) in [7, 11) is 1.22. The van der Waals surface area contributed by atoms with Crippen molar-refractivity contribution >= 4 is 34.4 Å². The first-order valence-electron chi connectivity index (χ1n) is 7.70. The number of carboxylic acid groups (broad SMARTS) is 1. The number of imidazole rings is 1. The second-order valence-electron chi connectivity index (χ2n) is 5.77. The number of aromatic nitrogens is 3. The van der Waals surface area contributed by atoms with E-state index in [1.807, 2.05) is 0 Å². The Labute approximate surface area is 150 Å². The molecule has 8 nitrogen and oxygen atoms in total. The Bertz CT molecular complexity index is 1040. The molecule has 1 aromatic carbocycles. The number of aromatic amines is 1. The van der Waals surface area contributed by atoms with E-state index in [-0.39, 0.29) is 12.1 Å². The largest absolute Gasteiger partial charge is 0.465 e. The van der Waals surface area contributed by atoms with E-state index in [0.29, 0.717) is 34.8 Å². The van der Waals surface area contributed by atoms with E-state index >= 15 is 0 Å². The van der Waals surface area contributed by atoms with Crippen LogP contribution in [-0.2, 0) is 17.7 Å². The molecule has 26 heavy (non-hydrogen) atoms. The smallest absolute Gasteiger partial charge is 0.407 e.